The van der Waals surface area contributed by atoms with Crippen LogP contribution in [0.15, 0.2) is 12.2 Å². The van der Waals surface area contributed by atoms with E-state index in [0.29, 0.717) is 51.4 Å². The molecule has 67 heavy (non-hydrogen) atoms. The molecule has 2 bridgehead atoms. The van der Waals surface area contributed by atoms with Gasteiger partial charge in [-0.15, -0.1) is 0 Å². The van der Waals surface area contributed by atoms with E-state index in [4.69, 9.17) is 38.3 Å². The fourth-order valence-corrected chi connectivity index (χ4v) is 13.3. The van der Waals surface area contributed by atoms with E-state index in [1.807, 2.05) is 6.92 Å². The van der Waals surface area contributed by atoms with Gasteiger partial charge in [0.1, 0.15) is 86.0 Å². The van der Waals surface area contributed by atoms with Crippen molar-refractivity contribution in [3.63, 3.8) is 0 Å². The number of carbonyl (C=O) groups excluding carboxylic acids is 1. The van der Waals surface area contributed by atoms with Crippen LogP contribution in [-0.4, -0.2) is 227 Å². The SMILES string of the molecule is C=C1C[C@@]23CC[C@H]4[C@@](C)(CCC[C@@]4(C)C(=O)OC[C@@H](O)[C@@H](O)[C@H](O)[C@H](O)CO)[C@@H]2CC[C@]1(O[C@@H]1O[C@H](CO)[C@@H](O)[C@H](O[C@@H]2O[C@H](CO)[C@@H](C)[C@H](O)[C@H]2O)[C@H]1O[C@@H]1O[C@H](CO)[C@@H](O)[C@H](O)[C@H]1O)C3. The van der Waals surface area contributed by atoms with Crippen LogP contribution in [0, 0.1) is 34.0 Å². The van der Waals surface area contributed by atoms with Gasteiger partial charge in [0.25, 0.3) is 0 Å². The molecular formula is C45H74O22. The Balaban J connectivity index is 1.14. The number of hydrogen-bond acceptors (Lipinski definition) is 22. The average Bonchev–Trinajstić information content (AvgIpc) is 3.51. The van der Waals surface area contributed by atoms with E-state index in [9.17, 15) is 71.2 Å². The van der Waals surface area contributed by atoms with Crippen LogP contribution in [0.3, 0.4) is 0 Å². The van der Waals surface area contributed by atoms with Gasteiger partial charge in [-0.3, -0.25) is 4.79 Å². The maximum absolute atomic E-state index is 14.0. The van der Waals surface area contributed by atoms with E-state index in [1.54, 1.807) is 6.92 Å². The molecule has 4 saturated carbocycles. The van der Waals surface area contributed by atoms with Crippen molar-refractivity contribution in [1.82, 2.24) is 0 Å². The fraction of sp³-hybridized carbons (Fsp3) is 0.933. The summed E-state index contributed by atoms with van der Waals surface area (Å²) in [7, 11) is 0. The Morgan fingerprint density at radius 3 is 1.90 bits per heavy atom. The van der Waals surface area contributed by atoms with Gasteiger partial charge in [0.2, 0.25) is 0 Å². The molecule has 3 saturated heterocycles. The molecule has 0 aromatic rings. The summed E-state index contributed by atoms with van der Waals surface area (Å²) >= 11 is 0. The minimum absolute atomic E-state index is 0.0550. The highest BCUT2D eigenvalue weighted by Gasteiger charge is 2.69. The minimum atomic E-state index is -1.92. The minimum Gasteiger partial charge on any atom is -0.462 e. The Hall–Kier alpha value is -1.59. The molecule has 7 fully saturated rings. The second-order valence-corrected chi connectivity index (χ2v) is 21.0. The molecular weight excluding hydrogens is 892 g/mol. The maximum atomic E-state index is 14.0. The lowest BCUT2D eigenvalue weighted by Gasteiger charge is -2.64. The molecule has 0 unspecified atom stereocenters. The lowest BCUT2D eigenvalue weighted by atomic mass is 9.41. The normalized spacial score (nSPS) is 49.6. The van der Waals surface area contributed by atoms with Gasteiger partial charge in [-0.2, -0.15) is 0 Å². The van der Waals surface area contributed by atoms with Crippen LogP contribution in [0.1, 0.15) is 78.6 Å². The predicted octanol–water partition coefficient (Wildman–Crippen LogP) is -4.20. The Bertz CT molecular complexity index is 1710. The monoisotopic (exact) mass is 966 g/mol. The van der Waals surface area contributed by atoms with Gasteiger partial charge in [-0.05, 0) is 86.5 Å². The smallest absolute Gasteiger partial charge is 0.312 e. The summed E-state index contributed by atoms with van der Waals surface area (Å²) in [4.78, 5) is 14.0. The van der Waals surface area contributed by atoms with Crippen LogP contribution in [0.25, 0.3) is 0 Å². The van der Waals surface area contributed by atoms with Crippen molar-refractivity contribution < 1.29 is 109 Å². The third kappa shape index (κ3) is 9.40. The van der Waals surface area contributed by atoms with Crippen LogP contribution >= 0.6 is 0 Å². The molecule has 4 aliphatic carbocycles. The van der Waals surface area contributed by atoms with E-state index in [-0.39, 0.29) is 17.3 Å². The lowest BCUT2D eigenvalue weighted by molar-refractivity contribution is -0.398. The van der Waals surface area contributed by atoms with Crippen molar-refractivity contribution >= 4 is 5.97 Å². The van der Waals surface area contributed by atoms with E-state index >= 15 is 0 Å². The second kappa shape index (κ2) is 20.5. The molecule has 14 N–H and O–H groups in total. The summed E-state index contributed by atoms with van der Waals surface area (Å²) in [5.41, 5.74) is -2.14. The van der Waals surface area contributed by atoms with Crippen LogP contribution < -0.4 is 0 Å². The molecule has 1 spiro atoms. The molecule has 3 aliphatic heterocycles. The largest absolute Gasteiger partial charge is 0.462 e. The van der Waals surface area contributed by atoms with Crippen molar-refractivity contribution in [2.75, 3.05) is 33.0 Å². The van der Waals surface area contributed by atoms with Crippen molar-refractivity contribution in [1.29, 1.82) is 0 Å². The Kier molecular flexibility index (Phi) is 16.3. The number of esters is 1. The van der Waals surface area contributed by atoms with Crippen LogP contribution in [0.5, 0.6) is 0 Å². The molecule has 3 heterocycles. The Labute approximate surface area is 388 Å². The first-order valence-corrected chi connectivity index (χ1v) is 23.6. The molecule has 25 atom stereocenters. The Morgan fingerprint density at radius 1 is 0.687 bits per heavy atom. The van der Waals surface area contributed by atoms with Gasteiger partial charge in [-0.25, -0.2) is 0 Å². The number of fused-ring (bicyclic) bond motifs is 3. The number of rotatable bonds is 16. The van der Waals surface area contributed by atoms with Crippen molar-refractivity contribution in [2.45, 2.75) is 195 Å². The highest BCUT2D eigenvalue weighted by Crippen LogP contribution is 2.73. The van der Waals surface area contributed by atoms with Crippen LogP contribution in [0.2, 0.25) is 0 Å². The van der Waals surface area contributed by atoms with Crippen LogP contribution in [0.4, 0.5) is 0 Å². The first-order valence-electron chi connectivity index (χ1n) is 23.6. The molecule has 7 aliphatic rings. The fourth-order valence-electron chi connectivity index (χ4n) is 13.3. The van der Waals surface area contributed by atoms with E-state index < -0.39 is 172 Å². The zero-order chi connectivity index (χ0) is 49.1. The first kappa shape index (κ1) is 53.2. The predicted molar refractivity (Wildman–Crippen MR) is 224 cm³/mol. The maximum Gasteiger partial charge on any atom is 0.312 e. The number of hydrogen-bond donors (Lipinski definition) is 14. The second-order valence-electron chi connectivity index (χ2n) is 21.0. The topological polar surface area (TPSA) is 365 Å². The van der Waals surface area contributed by atoms with Gasteiger partial charge in [0, 0.05) is 5.92 Å². The molecule has 22 nitrogen and oxygen atoms in total. The van der Waals surface area contributed by atoms with E-state index in [1.165, 1.54) is 0 Å². The van der Waals surface area contributed by atoms with Crippen molar-refractivity contribution in [3.8, 4) is 0 Å². The molecule has 22 heteroatoms. The van der Waals surface area contributed by atoms with E-state index in [0.717, 1.165) is 12.0 Å². The van der Waals surface area contributed by atoms with E-state index in [2.05, 4.69) is 13.5 Å². The number of aliphatic hydroxyl groups excluding tert-OH is 14. The van der Waals surface area contributed by atoms with Crippen molar-refractivity contribution in [3.05, 3.63) is 12.2 Å². The summed E-state index contributed by atoms with van der Waals surface area (Å²) in [5.74, 6) is -1.40. The summed E-state index contributed by atoms with van der Waals surface area (Å²) in [6.07, 6.45) is -24.6. The molecule has 0 aromatic carbocycles. The highest BCUT2D eigenvalue weighted by molar-refractivity contribution is 5.77. The van der Waals surface area contributed by atoms with Gasteiger partial charge in [0.05, 0.1) is 49.7 Å². The molecule has 0 aromatic heterocycles. The highest BCUT2D eigenvalue weighted by atomic mass is 16.8. The summed E-state index contributed by atoms with van der Waals surface area (Å²) in [6, 6.07) is 0. The summed E-state index contributed by atoms with van der Waals surface area (Å²) in [6.45, 7) is 6.50. The third-order valence-corrected chi connectivity index (χ3v) is 17.1. The Morgan fingerprint density at radius 2 is 1.25 bits per heavy atom. The number of carbonyl (C=O) groups is 1. The standard InChI is InChI=1S/C45H74O22/c1-19-12-44-10-6-26-42(3,8-5-9-43(26,4)41(60)61-17-22(51)30(54)29(53)21(50)13-46)27(44)7-11-45(19,18-44)67-40-37(66-39-35(59)33(57)31(55)24(15-48)63-39)36(32(56)25(16-49)64-40)65-38-34(58)28(52)20(2)23(14-47)62-38/h20-40,46-59H,1,5-18H2,2-4H3/t20-,21-,22-,23-,24-,25-,26+,27+,28+,29-,30-,31-,32-,33+,34-,35-,36+,37-,38+,39+,40+,42-,43-,44-,45+/m1/s1. The molecule has 0 amide bonds. The van der Waals surface area contributed by atoms with Gasteiger partial charge in [0.15, 0.2) is 18.9 Å². The lowest BCUT2D eigenvalue weighted by Crippen LogP contribution is -2.67. The van der Waals surface area contributed by atoms with Crippen molar-refractivity contribution in [2.24, 2.45) is 34.0 Å². The zero-order valence-electron chi connectivity index (χ0n) is 38.3. The quantitative estimate of drug-likeness (QED) is 0.0396. The first-order chi connectivity index (χ1) is 31.6. The van der Waals surface area contributed by atoms with Crippen LogP contribution in [-0.2, 0) is 38.0 Å². The zero-order valence-corrected chi connectivity index (χ0v) is 38.3. The molecule has 7 rings (SSSR count). The summed E-state index contributed by atoms with van der Waals surface area (Å²) < 4.78 is 43.0. The van der Waals surface area contributed by atoms with Gasteiger partial charge < -0.3 is 105 Å². The average molecular weight is 967 g/mol. The molecule has 0 radical (unpaired) electrons. The third-order valence-electron chi connectivity index (χ3n) is 17.1. The number of ether oxygens (including phenoxy) is 7. The van der Waals surface area contributed by atoms with Gasteiger partial charge in [-0.1, -0.05) is 26.8 Å². The molecule has 386 valence electrons. The number of aliphatic hydroxyl groups is 14. The van der Waals surface area contributed by atoms with Gasteiger partial charge >= 0.3 is 5.97 Å². The summed E-state index contributed by atoms with van der Waals surface area (Å²) in [5, 5.41) is 146.